The maximum atomic E-state index is 11.8. The van der Waals surface area contributed by atoms with Crippen LogP contribution in [0.15, 0.2) is 24.3 Å². The minimum atomic E-state index is -1.04. The molecule has 0 radical (unpaired) electrons. The molecule has 0 saturated heterocycles. The Morgan fingerprint density at radius 2 is 1.86 bits per heavy atom. The van der Waals surface area contributed by atoms with Crippen molar-refractivity contribution in [2.24, 2.45) is 5.92 Å². The topological polar surface area (TPSA) is 66.4 Å². The summed E-state index contributed by atoms with van der Waals surface area (Å²) < 4.78 is 0. The van der Waals surface area contributed by atoms with Gasteiger partial charge in [0.2, 0.25) is 5.91 Å². The van der Waals surface area contributed by atoms with Gasteiger partial charge in [-0.1, -0.05) is 43.5 Å². The Balaban J connectivity index is 2.75. The molecule has 1 aromatic carbocycles. The van der Waals surface area contributed by atoms with Crippen molar-refractivity contribution >= 4 is 41.2 Å². The highest BCUT2D eigenvalue weighted by Gasteiger charge is 2.24. The number of aliphatic carboxylic acids is 1. The average molecular weight is 330 g/mol. The zero-order valence-electron chi connectivity index (χ0n) is 11.8. The largest absolute Gasteiger partial charge is 0.480 e. The molecule has 2 atom stereocenters. The monoisotopic (exact) mass is 329 g/mol. The van der Waals surface area contributed by atoms with Crippen molar-refractivity contribution in [1.29, 1.82) is 0 Å². The molecule has 0 unspecified atom stereocenters. The number of halogens is 2. The third kappa shape index (κ3) is 5.78. The number of amides is 1. The van der Waals surface area contributed by atoms with E-state index in [0.29, 0.717) is 22.0 Å². The van der Waals surface area contributed by atoms with Crippen LogP contribution in [0.25, 0.3) is 6.08 Å². The van der Waals surface area contributed by atoms with E-state index in [9.17, 15) is 9.59 Å². The van der Waals surface area contributed by atoms with E-state index in [-0.39, 0.29) is 5.92 Å². The smallest absolute Gasteiger partial charge is 0.326 e. The van der Waals surface area contributed by atoms with E-state index in [2.05, 4.69) is 5.32 Å². The molecule has 4 nitrogen and oxygen atoms in total. The molecule has 0 saturated carbocycles. The van der Waals surface area contributed by atoms with Crippen molar-refractivity contribution in [3.05, 3.63) is 39.9 Å². The quantitative estimate of drug-likeness (QED) is 0.783. The molecule has 1 aromatic rings. The molecule has 21 heavy (non-hydrogen) atoms. The minimum Gasteiger partial charge on any atom is -0.480 e. The number of carbonyl (C=O) groups is 2. The number of rotatable bonds is 6. The highest BCUT2D eigenvalue weighted by atomic mass is 35.5. The first-order chi connectivity index (χ1) is 9.83. The van der Waals surface area contributed by atoms with Gasteiger partial charge in [-0.25, -0.2) is 4.79 Å². The molecule has 0 aromatic heterocycles. The number of hydrogen-bond acceptors (Lipinski definition) is 2. The summed E-state index contributed by atoms with van der Waals surface area (Å²) in [6.07, 6.45) is 3.45. The van der Waals surface area contributed by atoms with Gasteiger partial charge in [0, 0.05) is 16.1 Å². The zero-order chi connectivity index (χ0) is 16.0. The molecule has 114 valence electrons. The molecule has 0 heterocycles. The summed E-state index contributed by atoms with van der Waals surface area (Å²) in [6, 6.07) is 3.99. The molecule has 6 heteroatoms. The summed E-state index contributed by atoms with van der Waals surface area (Å²) in [5, 5.41) is 12.5. The Labute approximate surface area is 133 Å². The van der Waals surface area contributed by atoms with Crippen LogP contribution in [0.5, 0.6) is 0 Å². The molecule has 0 spiro atoms. The molecule has 2 N–H and O–H groups in total. The van der Waals surface area contributed by atoms with Crippen molar-refractivity contribution in [1.82, 2.24) is 5.32 Å². The summed E-state index contributed by atoms with van der Waals surface area (Å²) in [5.74, 6) is -1.67. The van der Waals surface area contributed by atoms with E-state index in [1.807, 2.05) is 6.92 Å². The highest BCUT2D eigenvalue weighted by molar-refractivity contribution is 6.34. The summed E-state index contributed by atoms with van der Waals surface area (Å²) in [4.78, 5) is 22.9. The number of benzene rings is 1. The van der Waals surface area contributed by atoms with Gasteiger partial charge in [0.25, 0.3) is 0 Å². The molecule has 0 aliphatic rings. The summed E-state index contributed by atoms with van der Waals surface area (Å²) in [7, 11) is 0. The van der Waals surface area contributed by atoms with Gasteiger partial charge in [-0.2, -0.15) is 0 Å². The van der Waals surface area contributed by atoms with Gasteiger partial charge in [-0.3, -0.25) is 4.79 Å². The lowest BCUT2D eigenvalue weighted by Gasteiger charge is -2.19. The fourth-order valence-corrected chi connectivity index (χ4v) is 2.27. The van der Waals surface area contributed by atoms with Crippen LogP contribution in [-0.4, -0.2) is 23.0 Å². The lowest BCUT2D eigenvalue weighted by molar-refractivity contribution is -0.142. The van der Waals surface area contributed by atoms with Crippen LogP contribution in [0, 0.1) is 5.92 Å². The van der Waals surface area contributed by atoms with Gasteiger partial charge in [0.1, 0.15) is 6.04 Å². The Hall–Kier alpha value is -1.52. The number of carboxylic acids is 1. The van der Waals surface area contributed by atoms with Crippen molar-refractivity contribution < 1.29 is 14.7 Å². The van der Waals surface area contributed by atoms with Crippen molar-refractivity contribution in [2.45, 2.75) is 26.3 Å². The lowest BCUT2D eigenvalue weighted by Crippen LogP contribution is -2.44. The average Bonchev–Trinajstić information content (AvgIpc) is 2.40. The van der Waals surface area contributed by atoms with Crippen molar-refractivity contribution in [3.8, 4) is 0 Å². The molecule has 1 amide bonds. The summed E-state index contributed by atoms with van der Waals surface area (Å²) in [6.45, 7) is 3.65. The second kappa shape index (κ2) is 8.05. The zero-order valence-corrected chi connectivity index (χ0v) is 13.3. The number of hydrogen-bond donors (Lipinski definition) is 2. The molecular weight excluding hydrogens is 313 g/mol. The standard InChI is InChI=1S/C15H17Cl2NO3/c1-3-9(2)14(15(20)21)18-13(19)5-4-10-6-11(16)8-12(17)7-10/h4-9,14H,3H2,1-2H3,(H,18,19)(H,20,21)/b5-4+/t9-,14-/m0/s1. The Kier molecular flexibility index (Phi) is 6.72. The van der Waals surface area contributed by atoms with Gasteiger partial charge in [-0.15, -0.1) is 0 Å². The van der Waals surface area contributed by atoms with E-state index >= 15 is 0 Å². The van der Waals surface area contributed by atoms with Gasteiger partial charge >= 0.3 is 5.97 Å². The van der Waals surface area contributed by atoms with Gasteiger partial charge in [-0.05, 0) is 35.8 Å². The predicted molar refractivity (Wildman–Crippen MR) is 84.5 cm³/mol. The van der Waals surface area contributed by atoms with Crippen LogP contribution >= 0.6 is 23.2 Å². The molecule has 0 bridgehead atoms. The maximum absolute atomic E-state index is 11.8. The molecule has 0 aliphatic heterocycles. The Morgan fingerprint density at radius 3 is 2.33 bits per heavy atom. The van der Waals surface area contributed by atoms with Crippen LogP contribution in [0.3, 0.4) is 0 Å². The number of carbonyl (C=O) groups excluding carboxylic acids is 1. The first kappa shape index (κ1) is 17.5. The fraction of sp³-hybridized carbons (Fsp3) is 0.333. The van der Waals surface area contributed by atoms with Gasteiger partial charge in [0.15, 0.2) is 0 Å². The first-order valence-electron chi connectivity index (χ1n) is 6.51. The Morgan fingerprint density at radius 1 is 1.29 bits per heavy atom. The highest BCUT2D eigenvalue weighted by Crippen LogP contribution is 2.19. The minimum absolute atomic E-state index is 0.152. The molecular formula is C15H17Cl2NO3. The van der Waals surface area contributed by atoms with Crippen LogP contribution < -0.4 is 5.32 Å². The Bertz CT molecular complexity index is 538. The van der Waals surface area contributed by atoms with Crippen molar-refractivity contribution in [2.75, 3.05) is 0 Å². The predicted octanol–water partition coefficient (Wildman–Crippen LogP) is 3.62. The van der Waals surface area contributed by atoms with Gasteiger partial charge < -0.3 is 10.4 Å². The summed E-state index contributed by atoms with van der Waals surface area (Å²) >= 11 is 11.7. The van der Waals surface area contributed by atoms with Crippen LogP contribution in [0.1, 0.15) is 25.8 Å². The van der Waals surface area contributed by atoms with E-state index in [0.717, 1.165) is 0 Å². The van der Waals surface area contributed by atoms with E-state index in [4.69, 9.17) is 28.3 Å². The second-order valence-corrected chi connectivity index (χ2v) is 5.62. The van der Waals surface area contributed by atoms with Gasteiger partial charge in [0.05, 0.1) is 0 Å². The normalized spacial score (nSPS) is 13.9. The second-order valence-electron chi connectivity index (χ2n) is 4.75. The lowest BCUT2D eigenvalue weighted by atomic mass is 9.99. The van der Waals surface area contributed by atoms with Crippen molar-refractivity contribution in [3.63, 3.8) is 0 Å². The maximum Gasteiger partial charge on any atom is 0.326 e. The fourth-order valence-electron chi connectivity index (χ4n) is 1.73. The third-order valence-electron chi connectivity index (χ3n) is 3.09. The number of carboxylic acid groups (broad SMARTS) is 1. The van der Waals surface area contributed by atoms with E-state index < -0.39 is 17.9 Å². The summed E-state index contributed by atoms with van der Waals surface area (Å²) in [5.41, 5.74) is 0.665. The first-order valence-corrected chi connectivity index (χ1v) is 7.26. The van der Waals surface area contributed by atoms with Crippen LogP contribution in [0.2, 0.25) is 10.0 Å². The molecule has 0 fully saturated rings. The van der Waals surface area contributed by atoms with Crippen LogP contribution in [-0.2, 0) is 9.59 Å². The SMILES string of the molecule is CC[C@H](C)[C@H](NC(=O)/C=C/c1cc(Cl)cc(Cl)c1)C(=O)O. The van der Waals surface area contributed by atoms with E-state index in [1.165, 1.54) is 12.2 Å². The van der Waals surface area contributed by atoms with Crippen LogP contribution in [0.4, 0.5) is 0 Å². The molecule has 0 aliphatic carbocycles. The third-order valence-corrected chi connectivity index (χ3v) is 3.53. The number of nitrogens with one attached hydrogen (secondary N) is 1. The molecule has 1 rings (SSSR count). The van der Waals surface area contributed by atoms with E-state index in [1.54, 1.807) is 25.1 Å².